The van der Waals surface area contributed by atoms with Crippen molar-refractivity contribution in [2.75, 3.05) is 38.1 Å². The van der Waals surface area contributed by atoms with E-state index in [1.54, 1.807) is 21.3 Å². The molecule has 0 saturated heterocycles. The molecule has 8 heteroatoms. The number of anilines is 2. The number of carbonyl (C=O) groups is 2. The van der Waals surface area contributed by atoms with E-state index in [9.17, 15) is 9.59 Å². The van der Waals surface area contributed by atoms with Crippen LogP contribution >= 0.6 is 0 Å². The molecule has 2 N–H and O–H groups in total. The molecule has 1 heterocycles. The van der Waals surface area contributed by atoms with Gasteiger partial charge in [0, 0.05) is 29.8 Å². The minimum Gasteiger partial charge on any atom is -0.493 e. The molecule has 2 aliphatic rings. The summed E-state index contributed by atoms with van der Waals surface area (Å²) >= 11 is 0. The number of allylic oxidation sites excluding steroid dienone is 1. The molecule has 1 aliphatic carbocycles. The first-order valence-corrected chi connectivity index (χ1v) is 13.7. The maximum Gasteiger partial charge on any atom is 0.239 e. The topological polar surface area (TPSA) is 89.1 Å². The predicted molar refractivity (Wildman–Crippen MR) is 160 cm³/mol. The fourth-order valence-electron chi connectivity index (χ4n) is 5.90. The molecule has 1 atom stereocenters. The standard InChI is InChI=1S/C33H37N3O5/c1-33(2)17-24-29(26(37)18-33)30(22-15-16-27(39-3)32(41-5)31(22)40-4)36(25-14-10-9-13-23(25)35-24)20-28(38)34-19-21-11-7-6-8-12-21/h6-16,30,35H,17-20H2,1-5H3,(H,34,38). The zero-order valence-corrected chi connectivity index (χ0v) is 24.2. The smallest absolute Gasteiger partial charge is 0.239 e. The first kappa shape index (κ1) is 28.1. The van der Waals surface area contributed by atoms with E-state index in [1.807, 2.05) is 71.6 Å². The Labute approximate surface area is 241 Å². The quantitative estimate of drug-likeness (QED) is 0.372. The fraction of sp³-hybridized carbons (Fsp3) is 0.333. The molecule has 1 unspecified atom stereocenters. The number of Topliss-reactive ketones (excluding diaryl/α,β-unsaturated/α-hetero) is 1. The molecule has 0 spiro atoms. The molecule has 0 bridgehead atoms. The molecule has 214 valence electrons. The van der Waals surface area contributed by atoms with Crippen LogP contribution in [-0.4, -0.2) is 39.6 Å². The summed E-state index contributed by atoms with van der Waals surface area (Å²) in [5.41, 5.74) is 4.63. The number of nitrogens with zero attached hydrogens (tertiary/aromatic N) is 1. The van der Waals surface area contributed by atoms with Gasteiger partial charge in [-0.2, -0.15) is 0 Å². The summed E-state index contributed by atoms with van der Waals surface area (Å²) in [7, 11) is 4.70. The van der Waals surface area contributed by atoms with Crippen molar-refractivity contribution in [1.82, 2.24) is 5.32 Å². The van der Waals surface area contributed by atoms with Gasteiger partial charge in [0.2, 0.25) is 11.7 Å². The van der Waals surface area contributed by atoms with Gasteiger partial charge in [-0.15, -0.1) is 0 Å². The van der Waals surface area contributed by atoms with Crippen LogP contribution in [0.5, 0.6) is 17.2 Å². The van der Waals surface area contributed by atoms with Gasteiger partial charge in [-0.05, 0) is 41.7 Å². The second kappa shape index (κ2) is 11.6. The minimum absolute atomic E-state index is 0.0150. The monoisotopic (exact) mass is 555 g/mol. The zero-order chi connectivity index (χ0) is 29.1. The summed E-state index contributed by atoms with van der Waals surface area (Å²) in [4.78, 5) is 29.6. The van der Waals surface area contributed by atoms with Gasteiger partial charge in [-0.3, -0.25) is 9.59 Å². The lowest BCUT2D eigenvalue weighted by molar-refractivity contribution is -0.121. The number of ketones is 1. The van der Waals surface area contributed by atoms with Crippen molar-refractivity contribution < 1.29 is 23.8 Å². The van der Waals surface area contributed by atoms with Crippen molar-refractivity contribution in [3.63, 3.8) is 0 Å². The van der Waals surface area contributed by atoms with E-state index in [-0.39, 0.29) is 23.7 Å². The molecule has 1 amide bonds. The van der Waals surface area contributed by atoms with Crippen LogP contribution in [0.2, 0.25) is 0 Å². The van der Waals surface area contributed by atoms with Crippen molar-refractivity contribution in [1.29, 1.82) is 0 Å². The van der Waals surface area contributed by atoms with Crippen LogP contribution < -0.4 is 29.7 Å². The fourth-order valence-corrected chi connectivity index (χ4v) is 5.90. The molecule has 0 fully saturated rings. The lowest BCUT2D eigenvalue weighted by Gasteiger charge is -2.38. The average Bonchev–Trinajstić information content (AvgIpc) is 3.09. The van der Waals surface area contributed by atoms with Gasteiger partial charge in [0.1, 0.15) is 0 Å². The number of amides is 1. The molecule has 1 aliphatic heterocycles. The number of rotatable bonds is 8. The van der Waals surface area contributed by atoms with Gasteiger partial charge in [0.25, 0.3) is 0 Å². The first-order chi connectivity index (χ1) is 19.8. The Morgan fingerprint density at radius 2 is 1.63 bits per heavy atom. The highest BCUT2D eigenvalue weighted by Crippen LogP contribution is 2.52. The summed E-state index contributed by atoms with van der Waals surface area (Å²) in [5.74, 6) is 1.26. The summed E-state index contributed by atoms with van der Waals surface area (Å²) in [6, 6.07) is 20.7. The molecule has 8 nitrogen and oxygen atoms in total. The number of methoxy groups -OCH3 is 3. The maximum atomic E-state index is 14.0. The van der Waals surface area contributed by atoms with E-state index in [1.165, 1.54) is 0 Å². The first-order valence-electron chi connectivity index (χ1n) is 13.7. The number of ether oxygens (including phenoxy) is 3. The lowest BCUT2D eigenvalue weighted by atomic mass is 9.73. The van der Waals surface area contributed by atoms with Gasteiger partial charge < -0.3 is 29.7 Å². The van der Waals surface area contributed by atoms with Crippen LogP contribution in [0.1, 0.15) is 43.9 Å². The Morgan fingerprint density at radius 1 is 0.927 bits per heavy atom. The SMILES string of the molecule is COc1ccc(C2C3=C(CC(C)(C)CC3=O)Nc3ccccc3N2CC(=O)NCc2ccccc2)c(OC)c1OC. The van der Waals surface area contributed by atoms with Crippen molar-refractivity contribution in [3.8, 4) is 17.2 Å². The van der Waals surface area contributed by atoms with Crippen molar-refractivity contribution in [2.45, 2.75) is 39.3 Å². The Morgan fingerprint density at radius 3 is 2.34 bits per heavy atom. The molecule has 0 saturated carbocycles. The van der Waals surface area contributed by atoms with Gasteiger partial charge in [-0.1, -0.05) is 56.3 Å². The highest BCUT2D eigenvalue weighted by atomic mass is 16.5. The zero-order valence-electron chi connectivity index (χ0n) is 24.2. The van der Waals surface area contributed by atoms with E-state index in [4.69, 9.17) is 14.2 Å². The van der Waals surface area contributed by atoms with Crippen LogP contribution in [0.15, 0.2) is 78.0 Å². The van der Waals surface area contributed by atoms with E-state index in [0.29, 0.717) is 47.8 Å². The number of hydrogen-bond acceptors (Lipinski definition) is 7. The van der Waals surface area contributed by atoms with Gasteiger partial charge in [-0.25, -0.2) is 0 Å². The predicted octanol–water partition coefficient (Wildman–Crippen LogP) is 5.65. The third-order valence-electron chi connectivity index (χ3n) is 7.68. The van der Waals surface area contributed by atoms with Gasteiger partial charge in [0.05, 0.1) is 45.3 Å². The summed E-state index contributed by atoms with van der Waals surface area (Å²) < 4.78 is 17.2. The largest absolute Gasteiger partial charge is 0.493 e. The molecule has 0 aromatic heterocycles. The Hall–Kier alpha value is -4.46. The molecule has 3 aromatic rings. The van der Waals surface area contributed by atoms with E-state index >= 15 is 0 Å². The third-order valence-corrected chi connectivity index (χ3v) is 7.68. The molecule has 0 radical (unpaired) electrons. The summed E-state index contributed by atoms with van der Waals surface area (Å²) in [5, 5.41) is 6.64. The molecule has 3 aromatic carbocycles. The normalized spacial score (nSPS) is 17.5. The highest BCUT2D eigenvalue weighted by Gasteiger charge is 2.43. The number of benzene rings is 3. The summed E-state index contributed by atoms with van der Waals surface area (Å²) in [6.07, 6.45) is 1.08. The molecule has 5 rings (SSSR count). The second-order valence-corrected chi connectivity index (χ2v) is 11.2. The van der Waals surface area contributed by atoms with Crippen molar-refractivity contribution in [3.05, 3.63) is 89.1 Å². The van der Waals surface area contributed by atoms with Gasteiger partial charge in [0.15, 0.2) is 17.3 Å². The highest BCUT2D eigenvalue weighted by molar-refractivity contribution is 6.02. The van der Waals surface area contributed by atoms with Crippen LogP contribution in [0, 0.1) is 5.41 Å². The van der Waals surface area contributed by atoms with Crippen LogP contribution in [-0.2, 0) is 16.1 Å². The third kappa shape index (κ3) is 5.59. The number of para-hydroxylation sites is 2. The van der Waals surface area contributed by atoms with Crippen LogP contribution in [0.25, 0.3) is 0 Å². The number of hydrogen-bond donors (Lipinski definition) is 2. The Balaban J connectivity index is 1.68. The van der Waals surface area contributed by atoms with Crippen LogP contribution in [0.4, 0.5) is 11.4 Å². The molecule has 41 heavy (non-hydrogen) atoms. The molecular weight excluding hydrogens is 518 g/mol. The number of fused-ring (bicyclic) bond motifs is 1. The van der Waals surface area contributed by atoms with Crippen molar-refractivity contribution >= 4 is 23.1 Å². The van der Waals surface area contributed by atoms with Crippen LogP contribution in [0.3, 0.4) is 0 Å². The van der Waals surface area contributed by atoms with E-state index in [0.717, 1.165) is 22.6 Å². The number of nitrogens with one attached hydrogen (secondary N) is 2. The van der Waals surface area contributed by atoms with Crippen molar-refractivity contribution in [2.24, 2.45) is 5.41 Å². The molecular formula is C33H37N3O5. The van der Waals surface area contributed by atoms with Gasteiger partial charge >= 0.3 is 0 Å². The maximum absolute atomic E-state index is 14.0. The van der Waals surface area contributed by atoms with E-state index in [2.05, 4.69) is 24.5 Å². The average molecular weight is 556 g/mol. The Kier molecular flexibility index (Phi) is 7.92. The summed E-state index contributed by atoms with van der Waals surface area (Å²) in [6.45, 7) is 4.63. The number of carbonyl (C=O) groups excluding carboxylic acids is 2. The lowest BCUT2D eigenvalue weighted by Crippen LogP contribution is -2.42. The Bertz CT molecular complexity index is 1480. The van der Waals surface area contributed by atoms with E-state index < -0.39 is 6.04 Å². The second-order valence-electron chi connectivity index (χ2n) is 11.2. The minimum atomic E-state index is -0.623.